The molecule has 0 aliphatic rings. The maximum absolute atomic E-state index is 12.5. The largest absolute Gasteiger partial charge is 0.465 e. The Morgan fingerprint density at radius 1 is 1.57 bits per heavy atom. The molecule has 0 amide bonds. The van der Waals surface area contributed by atoms with Crippen LogP contribution in [0.5, 0.6) is 0 Å². The molecule has 76 valence electrons. The van der Waals surface area contributed by atoms with Gasteiger partial charge < -0.3 is 4.74 Å². The Morgan fingerprint density at radius 3 is 2.71 bits per heavy atom. The van der Waals surface area contributed by atoms with E-state index >= 15 is 0 Å². The van der Waals surface area contributed by atoms with Crippen LogP contribution in [-0.2, 0) is 4.74 Å². The molecule has 0 radical (unpaired) electrons. The summed E-state index contributed by atoms with van der Waals surface area (Å²) in [4.78, 5) is 14.7. The van der Waals surface area contributed by atoms with E-state index in [1.807, 2.05) is 0 Å². The minimum absolute atomic E-state index is 0.0930. The average molecular weight is 266 g/mol. The highest BCUT2D eigenvalue weighted by atomic mass is 79.9. The number of carbonyl (C=O) groups excluding carboxylic acids is 1. The summed E-state index contributed by atoms with van der Waals surface area (Å²) in [6, 6.07) is 0. The smallest absolute Gasteiger partial charge is 0.339 e. The van der Waals surface area contributed by atoms with Crippen molar-refractivity contribution in [2.75, 3.05) is 7.11 Å². The van der Waals surface area contributed by atoms with Crippen molar-refractivity contribution in [3.8, 4) is 0 Å². The minimum Gasteiger partial charge on any atom is -0.465 e. The van der Waals surface area contributed by atoms with Crippen LogP contribution < -0.4 is 0 Å². The molecule has 1 heterocycles. The van der Waals surface area contributed by atoms with E-state index in [1.54, 1.807) is 0 Å². The summed E-state index contributed by atoms with van der Waals surface area (Å²) in [5.74, 6) is -0.825. The van der Waals surface area contributed by atoms with E-state index in [0.29, 0.717) is 0 Å². The highest BCUT2D eigenvalue weighted by Gasteiger charge is 2.22. The first-order valence-corrected chi connectivity index (χ1v) is 4.37. The maximum atomic E-state index is 12.5. The molecule has 1 rings (SSSR count). The molecule has 0 aliphatic heterocycles. The highest BCUT2D eigenvalue weighted by molar-refractivity contribution is 9.10. The normalized spacial score (nSPS) is 10.4. The zero-order chi connectivity index (χ0) is 10.7. The standard InChI is InChI=1S/C8H6BrF2NO2/c1-14-8(13)4-2-12-3-5(9)6(4)7(10)11/h2-3,7H,1H3. The topological polar surface area (TPSA) is 39.2 Å². The van der Waals surface area contributed by atoms with Crippen molar-refractivity contribution in [3.05, 3.63) is 28.0 Å². The molecular weight excluding hydrogens is 260 g/mol. The first-order valence-electron chi connectivity index (χ1n) is 3.57. The van der Waals surface area contributed by atoms with Gasteiger partial charge in [0.25, 0.3) is 6.43 Å². The van der Waals surface area contributed by atoms with Crippen LogP contribution >= 0.6 is 15.9 Å². The number of nitrogens with zero attached hydrogens (tertiary/aromatic N) is 1. The van der Waals surface area contributed by atoms with Crippen LogP contribution in [0, 0.1) is 0 Å². The molecule has 0 N–H and O–H groups in total. The van der Waals surface area contributed by atoms with Crippen molar-refractivity contribution in [3.63, 3.8) is 0 Å². The summed E-state index contributed by atoms with van der Waals surface area (Å²) >= 11 is 2.89. The van der Waals surface area contributed by atoms with E-state index in [2.05, 4.69) is 25.7 Å². The van der Waals surface area contributed by atoms with Crippen molar-refractivity contribution in [1.82, 2.24) is 4.98 Å². The van der Waals surface area contributed by atoms with Gasteiger partial charge in [-0.25, -0.2) is 13.6 Å². The highest BCUT2D eigenvalue weighted by Crippen LogP contribution is 2.29. The van der Waals surface area contributed by atoms with Gasteiger partial charge in [0.2, 0.25) is 0 Å². The third-order valence-corrected chi connectivity index (χ3v) is 2.19. The number of carbonyl (C=O) groups is 1. The van der Waals surface area contributed by atoms with Gasteiger partial charge in [-0.1, -0.05) is 0 Å². The fourth-order valence-corrected chi connectivity index (χ4v) is 1.44. The Bertz CT molecular complexity index is 357. The molecule has 0 saturated carbocycles. The maximum Gasteiger partial charge on any atom is 0.339 e. The monoisotopic (exact) mass is 265 g/mol. The molecule has 0 unspecified atom stereocenters. The lowest BCUT2D eigenvalue weighted by atomic mass is 10.1. The fourth-order valence-electron chi connectivity index (χ4n) is 0.939. The van der Waals surface area contributed by atoms with Crippen LogP contribution in [0.3, 0.4) is 0 Å². The van der Waals surface area contributed by atoms with E-state index in [9.17, 15) is 13.6 Å². The van der Waals surface area contributed by atoms with E-state index < -0.39 is 18.0 Å². The minimum atomic E-state index is -2.75. The lowest BCUT2D eigenvalue weighted by Gasteiger charge is -2.07. The average Bonchev–Trinajstić information content (AvgIpc) is 2.15. The summed E-state index contributed by atoms with van der Waals surface area (Å²) in [6.07, 6.45) is -0.493. The second-order valence-electron chi connectivity index (χ2n) is 2.37. The first kappa shape index (κ1) is 11.0. The van der Waals surface area contributed by atoms with Crippen molar-refractivity contribution in [1.29, 1.82) is 0 Å². The van der Waals surface area contributed by atoms with E-state index in [0.717, 1.165) is 13.3 Å². The summed E-state index contributed by atoms with van der Waals surface area (Å²) in [6.45, 7) is 0. The Morgan fingerprint density at radius 2 is 2.21 bits per heavy atom. The number of hydrogen-bond acceptors (Lipinski definition) is 3. The van der Waals surface area contributed by atoms with Crippen molar-refractivity contribution >= 4 is 21.9 Å². The molecule has 1 aromatic heterocycles. The molecule has 0 bridgehead atoms. The Labute approximate surface area is 87.2 Å². The lowest BCUT2D eigenvalue weighted by molar-refractivity contribution is 0.0588. The third-order valence-electron chi connectivity index (χ3n) is 1.56. The van der Waals surface area contributed by atoms with Gasteiger partial charge in [0, 0.05) is 22.4 Å². The molecule has 0 aliphatic carbocycles. The molecule has 0 saturated heterocycles. The third kappa shape index (κ3) is 2.06. The molecule has 0 fully saturated rings. The van der Waals surface area contributed by atoms with Crippen LogP contribution in [-0.4, -0.2) is 18.1 Å². The number of aromatic nitrogens is 1. The quantitative estimate of drug-likeness (QED) is 0.772. The van der Waals surface area contributed by atoms with E-state index in [1.165, 1.54) is 6.20 Å². The van der Waals surface area contributed by atoms with Crippen molar-refractivity contribution < 1.29 is 18.3 Å². The number of hydrogen-bond donors (Lipinski definition) is 0. The molecule has 6 heteroatoms. The molecule has 1 aromatic rings. The number of ether oxygens (including phenoxy) is 1. The number of alkyl halides is 2. The van der Waals surface area contributed by atoms with Gasteiger partial charge in [-0.05, 0) is 15.9 Å². The van der Waals surface area contributed by atoms with Gasteiger partial charge in [0.15, 0.2) is 0 Å². The Balaban J connectivity index is 3.28. The first-order chi connectivity index (χ1) is 6.57. The molecule has 3 nitrogen and oxygen atoms in total. The molecule has 0 atom stereocenters. The van der Waals surface area contributed by atoms with Gasteiger partial charge in [0.05, 0.1) is 12.7 Å². The van der Waals surface area contributed by atoms with Gasteiger partial charge in [-0.2, -0.15) is 0 Å². The van der Waals surface area contributed by atoms with Crippen molar-refractivity contribution in [2.45, 2.75) is 6.43 Å². The van der Waals surface area contributed by atoms with Crippen molar-refractivity contribution in [2.24, 2.45) is 0 Å². The summed E-state index contributed by atoms with van der Waals surface area (Å²) < 4.78 is 29.5. The van der Waals surface area contributed by atoms with Gasteiger partial charge in [-0.15, -0.1) is 0 Å². The second kappa shape index (κ2) is 4.45. The Hall–Kier alpha value is -1.04. The summed E-state index contributed by atoms with van der Waals surface area (Å²) in [5.41, 5.74) is -0.622. The fraction of sp³-hybridized carbons (Fsp3) is 0.250. The van der Waals surface area contributed by atoms with Crippen LogP contribution in [0.2, 0.25) is 0 Å². The van der Waals surface area contributed by atoms with E-state index in [4.69, 9.17) is 0 Å². The number of halogens is 3. The molecule has 0 spiro atoms. The zero-order valence-corrected chi connectivity index (χ0v) is 8.72. The molecule has 14 heavy (non-hydrogen) atoms. The summed E-state index contributed by atoms with van der Waals surface area (Å²) in [7, 11) is 1.12. The van der Waals surface area contributed by atoms with Crippen LogP contribution in [0.15, 0.2) is 16.9 Å². The molecule has 0 aromatic carbocycles. The number of methoxy groups -OCH3 is 1. The number of esters is 1. The van der Waals surface area contributed by atoms with Crippen LogP contribution in [0.4, 0.5) is 8.78 Å². The summed E-state index contributed by atoms with van der Waals surface area (Å²) in [5, 5.41) is 0. The van der Waals surface area contributed by atoms with Crippen LogP contribution in [0.25, 0.3) is 0 Å². The SMILES string of the molecule is COC(=O)c1cncc(Br)c1C(F)F. The predicted octanol–water partition coefficient (Wildman–Crippen LogP) is 2.57. The lowest BCUT2D eigenvalue weighted by Crippen LogP contribution is -2.07. The van der Waals surface area contributed by atoms with Gasteiger partial charge >= 0.3 is 5.97 Å². The second-order valence-corrected chi connectivity index (χ2v) is 3.23. The number of rotatable bonds is 2. The zero-order valence-electron chi connectivity index (χ0n) is 7.13. The molecular formula is C8H6BrF2NO2. The van der Waals surface area contributed by atoms with Gasteiger partial charge in [-0.3, -0.25) is 4.98 Å². The predicted molar refractivity (Wildman–Crippen MR) is 48.2 cm³/mol. The van der Waals surface area contributed by atoms with Crippen LogP contribution in [0.1, 0.15) is 22.3 Å². The Kier molecular flexibility index (Phi) is 3.51. The van der Waals surface area contributed by atoms with E-state index in [-0.39, 0.29) is 10.0 Å². The van der Waals surface area contributed by atoms with Gasteiger partial charge in [0.1, 0.15) is 0 Å². The number of pyridine rings is 1.